The lowest BCUT2D eigenvalue weighted by atomic mass is 10.2. The fourth-order valence-electron chi connectivity index (χ4n) is 1.02. The van der Waals surface area contributed by atoms with E-state index in [0.29, 0.717) is 11.4 Å². The van der Waals surface area contributed by atoms with Crippen LogP contribution in [0.1, 0.15) is 12.5 Å². The van der Waals surface area contributed by atoms with Gasteiger partial charge in [0.1, 0.15) is 5.82 Å². The van der Waals surface area contributed by atoms with E-state index in [9.17, 15) is 4.39 Å². The molecular formula is C10H14FNOS. The van der Waals surface area contributed by atoms with E-state index in [1.807, 2.05) is 6.92 Å². The summed E-state index contributed by atoms with van der Waals surface area (Å²) in [7, 11) is 0. The highest BCUT2D eigenvalue weighted by Crippen LogP contribution is 2.26. The number of aliphatic hydroxyl groups excluding tert-OH is 1. The second kappa shape index (κ2) is 5.34. The van der Waals surface area contributed by atoms with E-state index >= 15 is 0 Å². The Morgan fingerprint density at radius 3 is 2.79 bits per heavy atom. The molecule has 1 rings (SSSR count). The van der Waals surface area contributed by atoms with Gasteiger partial charge < -0.3 is 10.8 Å². The second-order valence-corrected chi connectivity index (χ2v) is 4.56. The molecular weight excluding hydrogens is 201 g/mol. The summed E-state index contributed by atoms with van der Waals surface area (Å²) in [6.45, 7) is 2.24. The minimum atomic E-state index is -0.266. The highest BCUT2D eigenvalue weighted by Gasteiger charge is 2.07. The number of halogens is 1. The first kappa shape index (κ1) is 11.5. The van der Waals surface area contributed by atoms with Crippen molar-refractivity contribution in [2.45, 2.75) is 23.6 Å². The van der Waals surface area contributed by atoms with Gasteiger partial charge in [-0.15, -0.1) is 11.8 Å². The zero-order chi connectivity index (χ0) is 10.6. The van der Waals surface area contributed by atoms with E-state index in [-0.39, 0.29) is 17.7 Å². The molecule has 0 bridgehead atoms. The lowest BCUT2D eigenvalue weighted by Crippen LogP contribution is -2.03. The average molecular weight is 215 g/mol. The molecule has 3 N–H and O–H groups in total. The van der Waals surface area contributed by atoms with Crippen LogP contribution >= 0.6 is 11.8 Å². The monoisotopic (exact) mass is 215 g/mol. The van der Waals surface area contributed by atoms with Crippen molar-refractivity contribution in [2.75, 3.05) is 6.61 Å². The Labute approximate surface area is 87.3 Å². The SMILES string of the molecule is CC(CO)Sc1ccc(CN)cc1F. The van der Waals surface area contributed by atoms with E-state index < -0.39 is 0 Å². The number of aliphatic hydroxyl groups is 1. The van der Waals surface area contributed by atoms with Gasteiger partial charge in [-0.25, -0.2) is 4.39 Å². The van der Waals surface area contributed by atoms with Crippen LogP contribution in [0.4, 0.5) is 4.39 Å². The molecule has 2 nitrogen and oxygen atoms in total. The molecule has 0 amide bonds. The van der Waals surface area contributed by atoms with Crippen molar-refractivity contribution < 1.29 is 9.50 Å². The predicted molar refractivity (Wildman–Crippen MR) is 56.7 cm³/mol. The van der Waals surface area contributed by atoms with E-state index in [2.05, 4.69) is 0 Å². The normalized spacial score (nSPS) is 12.9. The van der Waals surface area contributed by atoms with Gasteiger partial charge in [0, 0.05) is 16.7 Å². The van der Waals surface area contributed by atoms with E-state index in [1.54, 1.807) is 12.1 Å². The van der Waals surface area contributed by atoms with Gasteiger partial charge in [-0.1, -0.05) is 13.0 Å². The van der Waals surface area contributed by atoms with E-state index in [0.717, 1.165) is 5.56 Å². The van der Waals surface area contributed by atoms with E-state index in [4.69, 9.17) is 10.8 Å². The average Bonchev–Trinajstić information content (AvgIpc) is 2.20. The molecule has 14 heavy (non-hydrogen) atoms. The van der Waals surface area contributed by atoms with Crippen LogP contribution in [0.5, 0.6) is 0 Å². The molecule has 0 aliphatic carbocycles. The fraction of sp³-hybridized carbons (Fsp3) is 0.400. The van der Waals surface area contributed by atoms with Crippen LogP contribution in [0.3, 0.4) is 0 Å². The Morgan fingerprint density at radius 2 is 2.29 bits per heavy atom. The summed E-state index contributed by atoms with van der Waals surface area (Å²) >= 11 is 1.32. The minimum Gasteiger partial charge on any atom is -0.395 e. The summed E-state index contributed by atoms with van der Waals surface area (Å²) in [5.74, 6) is -0.266. The van der Waals surface area contributed by atoms with Crippen molar-refractivity contribution in [3.8, 4) is 0 Å². The van der Waals surface area contributed by atoms with Crippen molar-refractivity contribution >= 4 is 11.8 Å². The number of nitrogens with two attached hydrogens (primary N) is 1. The molecule has 1 aromatic carbocycles. The van der Waals surface area contributed by atoms with Gasteiger partial charge in [-0.2, -0.15) is 0 Å². The van der Waals surface area contributed by atoms with Gasteiger partial charge in [-0.05, 0) is 17.7 Å². The van der Waals surface area contributed by atoms with Crippen molar-refractivity contribution in [1.82, 2.24) is 0 Å². The molecule has 0 fully saturated rings. The van der Waals surface area contributed by atoms with Crippen molar-refractivity contribution in [3.63, 3.8) is 0 Å². The number of hydrogen-bond acceptors (Lipinski definition) is 3. The lowest BCUT2D eigenvalue weighted by molar-refractivity contribution is 0.300. The van der Waals surface area contributed by atoms with Gasteiger partial charge in [0.15, 0.2) is 0 Å². The molecule has 0 aromatic heterocycles. The van der Waals surface area contributed by atoms with Crippen LogP contribution in [0, 0.1) is 5.82 Å². The molecule has 0 heterocycles. The standard InChI is InChI=1S/C10H14FNOS/c1-7(6-13)14-10-3-2-8(5-12)4-9(10)11/h2-4,7,13H,5-6,12H2,1H3. The molecule has 78 valence electrons. The van der Waals surface area contributed by atoms with Crippen LogP contribution in [0.2, 0.25) is 0 Å². The molecule has 1 aromatic rings. The molecule has 0 radical (unpaired) electrons. The quantitative estimate of drug-likeness (QED) is 0.752. The molecule has 4 heteroatoms. The molecule has 0 saturated carbocycles. The van der Waals surface area contributed by atoms with Gasteiger partial charge in [-0.3, -0.25) is 0 Å². The summed E-state index contributed by atoms with van der Waals surface area (Å²) in [6, 6.07) is 4.94. The van der Waals surface area contributed by atoms with Crippen LogP contribution < -0.4 is 5.73 Å². The Balaban J connectivity index is 2.78. The first-order valence-corrected chi connectivity index (χ1v) is 5.31. The van der Waals surface area contributed by atoms with E-state index in [1.165, 1.54) is 17.8 Å². The topological polar surface area (TPSA) is 46.2 Å². The van der Waals surface area contributed by atoms with Crippen LogP contribution in [-0.4, -0.2) is 17.0 Å². The minimum absolute atomic E-state index is 0.00762. The predicted octanol–water partition coefficient (Wildman–Crippen LogP) is 1.76. The maximum absolute atomic E-state index is 13.4. The lowest BCUT2D eigenvalue weighted by Gasteiger charge is -2.09. The Morgan fingerprint density at radius 1 is 1.57 bits per heavy atom. The van der Waals surface area contributed by atoms with Crippen molar-refractivity contribution in [3.05, 3.63) is 29.6 Å². The van der Waals surface area contributed by atoms with Gasteiger partial charge >= 0.3 is 0 Å². The van der Waals surface area contributed by atoms with Crippen molar-refractivity contribution in [2.24, 2.45) is 5.73 Å². The molecule has 0 aliphatic heterocycles. The highest BCUT2D eigenvalue weighted by atomic mass is 32.2. The number of thioether (sulfide) groups is 1. The Kier molecular flexibility index (Phi) is 4.38. The van der Waals surface area contributed by atoms with Gasteiger partial charge in [0.2, 0.25) is 0 Å². The maximum Gasteiger partial charge on any atom is 0.137 e. The largest absolute Gasteiger partial charge is 0.395 e. The third-order valence-electron chi connectivity index (χ3n) is 1.82. The molecule has 1 unspecified atom stereocenters. The molecule has 0 spiro atoms. The summed E-state index contributed by atoms with van der Waals surface area (Å²) in [4.78, 5) is 0.559. The summed E-state index contributed by atoms with van der Waals surface area (Å²) < 4.78 is 13.4. The number of rotatable bonds is 4. The zero-order valence-corrected chi connectivity index (χ0v) is 8.85. The van der Waals surface area contributed by atoms with Crippen molar-refractivity contribution in [1.29, 1.82) is 0 Å². The Bertz CT molecular complexity index is 306. The maximum atomic E-state index is 13.4. The Hall–Kier alpha value is -0.580. The third kappa shape index (κ3) is 2.97. The smallest absolute Gasteiger partial charge is 0.137 e. The highest BCUT2D eigenvalue weighted by molar-refractivity contribution is 8.00. The zero-order valence-electron chi connectivity index (χ0n) is 8.03. The van der Waals surface area contributed by atoms with Crippen LogP contribution in [-0.2, 0) is 6.54 Å². The number of hydrogen-bond donors (Lipinski definition) is 2. The fourth-order valence-corrected chi connectivity index (χ4v) is 1.85. The van der Waals surface area contributed by atoms with Gasteiger partial charge in [0.25, 0.3) is 0 Å². The molecule has 0 saturated heterocycles. The summed E-state index contributed by atoms with van der Waals surface area (Å²) in [6.07, 6.45) is 0. The molecule has 0 aliphatic rings. The molecule has 1 atom stereocenters. The first-order chi connectivity index (χ1) is 6.67. The van der Waals surface area contributed by atoms with Crippen LogP contribution in [0.15, 0.2) is 23.1 Å². The number of benzene rings is 1. The summed E-state index contributed by atoms with van der Waals surface area (Å²) in [5, 5.41) is 8.83. The van der Waals surface area contributed by atoms with Crippen LogP contribution in [0.25, 0.3) is 0 Å². The second-order valence-electron chi connectivity index (χ2n) is 3.08. The third-order valence-corrected chi connectivity index (χ3v) is 2.95. The van der Waals surface area contributed by atoms with Gasteiger partial charge in [0.05, 0.1) is 6.61 Å². The first-order valence-electron chi connectivity index (χ1n) is 4.43. The summed E-state index contributed by atoms with van der Waals surface area (Å²) in [5.41, 5.74) is 6.16.